The first-order chi connectivity index (χ1) is 5.20. The lowest BCUT2D eigenvalue weighted by Gasteiger charge is -1.88. The summed E-state index contributed by atoms with van der Waals surface area (Å²) in [5, 5.41) is 10.8. The molecule has 0 N–H and O–H groups in total. The maximum atomic E-state index is 10.3. The summed E-state index contributed by atoms with van der Waals surface area (Å²) in [7, 11) is 0. The van der Waals surface area contributed by atoms with Crippen molar-refractivity contribution >= 4 is 17.3 Å². The Balaban J connectivity index is 2.57. The molecule has 0 saturated carbocycles. The third kappa shape index (κ3) is 0.886. The number of hydrogen-bond donors (Lipinski definition) is 0. The van der Waals surface area contributed by atoms with Gasteiger partial charge in [-0.25, -0.2) is 0 Å². The first kappa shape index (κ1) is 6.61. The number of benzene rings is 1. The van der Waals surface area contributed by atoms with Gasteiger partial charge in [-0.15, -0.1) is 0 Å². The quantitative estimate of drug-likeness (QED) is 0.482. The first-order valence-electron chi connectivity index (χ1n) is 2.94. The number of halogens is 1. The molecule has 0 unspecified atom stereocenters. The fourth-order valence-electron chi connectivity index (χ4n) is 0.936. The number of nitro benzene ring substituents is 1. The highest BCUT2D eigenvalue weighted by atomic mass is 35.5. The van der Waals surface area contributed by atoms with Crippen molar-refractivity contribution in [2.75, 3.05) is 0 Å². The molecule has 0 spiro atoms. The summed E-state index contributed by atoms with van der Waals surface area (Å²) in [6.07, 6.45) is 2.73. The van der Waals surface area contributed by atoms with Gasteiger partial charge in [-0.3, -0.25) is 10.1 Å². The van der Waals surface area contributed by atoms with E-state index in [-0.39, 0.29) is 5.69 Å². The predicted molar refractivity (Wildman–Crippen MR) is 39.6 cm³/mol. The van der Waals surface area contributed by atoms with Crippen molar-refractivity contribution in [3.05, 3.63) is 44.8 Å². The number of rotatable bonds is 1. The van der Waals surface area contributed by atoms with Crippen LogP contribution in [0.25, 0.3) is 0 Å². The van der Waals surface area contributed by atoms with Crippen LogP contribution in [-0.4, -0.2) is 4.92 Å². The molecule has 0 saturated heterocycles. The Kier molecular flexibility index (Phi) is 1.17. The first-order valence-corrected chi connectivity index (χ1v) is 3.32. The van der Waals surface area contributed by atoms with Gasteiger partial charge in [-0.2, -0.15) is 0 Å². The van der Waals surface area contributed by atoms with Gasteiger partial charge in [0.1, 0.15) is 0 Å². The van der Waals surface area contributed by atoms with E-state index in [0.717, 1.165) is 0 Å². The molecule has 1 aliphatic rings. The van der Waals surface area contributed by atoms with Crippen LogP contribution in [0.15, 0.2) is 12.1 Å². The fraction of sp³-hybridized carbons (Fsp3) is 0. The summed E-state index contributed by atoms with van der Waals surface area (Å²) >= 11 is 5.65. The summed E-state index contributed by atoms with van der Waals surface area (Å²) < 4.78 is 0. The monoisotopic (exact) mass is 167 g/mol. The van der Waals surface area contributed by atoms with Gasteiger partial charge in [0.05, 0.1) is 11.3 Å². The van der Waals surface area contributed by atoms with Gasteiger partial charge in [0.25, 0.3) is 5.69 Å². The Morgan fingerprint density at radius 1 is 1.45 bits per heavy atom. The van der Waals surface area contributed by atoms with Crippen LogP contribution in [0.1, 0.15) is 11.1 Å². The molecule has 0 fully saturated rings. The molecule has 2 radical (unpaired) electrons. The van der Waals surface area contributed by atoms with Gasteiger partial charge < -0.3 is 0 Å². The third-order valence-corrected chi connectivity index (χ3v) is 1.83. The van der Waals surface area contributed by atoms with E-state index in [0.29, 0.717) is 16.1 Å². The van der Waals surface area contributed by atoms with E-state index in [2.05, 4.69) is 6.42 Å². The Labute approximate surface area is 67.7 Å². The molecule has 11 heavy (non-hydrogen) atoms. The minimum absolute atomic E-state index is 0.0874. The third-order valence-electron chi connectivity index (χ3n) is 1.52. The van der Waals surface area contributed by atoms with Crippen LogP contribution in [0.5, 0.6) is 0 Å². The number of nitrogens with zero attached hydrogens (tertiary/aromatic N) is 1. The second-order valence-corrected chi connectivity index (χ2v) is 2.61. The van der Waals surface area contributed by atoms with Crippen LogP contribution in [0.4, 0.5) is 5.69 Å². The fourth-order valence-corrected chi connectivity index (χ4v) is 1.14. The molecular formula is C7H2ClNO2. The molecule has 1 aromatic rings. The summed E-state index contributed by atoms with van der Waals surface area (Å²) in [5.41, 5.74) is 1.31. The van der Waals surface area contributed by atoms with E-state index in [9.17, 15) is 10.1 Å². The lowest BCUT2D eigenvalue weighted by molar-refractivity contribution is -0.384. The molecule has 4 heteroatoms. The summed E-state index contributed by atoms with van der Waals surface area (Å²) in [6.45, 7) is 0. The second kappa shape index (κ2) is 1.95. The zero-order chi connectivity index (χ0) is 8.01. The molecule has 1 aliphatic carbocycles. The molecule has 54 valence electrons. The van der Waals surface area contributed by atoms with Crippen LogP contribution in [0.3, 0.4) is 0 Å². The van der Waals surface area contributed by atoms with Crippen molar-refractivity contribution < 1.29 is 4.92 Å². The van der Waals surface area contributed by atoms with E-state index in [1.54, 1.807) is 0 Å². The van der Waals surface area contributed by atoms with Crippen molar-refractivity contribution in [1.82, 2.24) is 0 Å². The van der Waals surface area contributed by atoms with E-state index in [1.807, 2.05) is 0 Å². The van der Waals surface area contributed by atoms with Gasteiger partial charge in [-0.05, 0) is 11.6 Å². The second-order valence-electron chi connectivity index (χ2n) is 2.20. The maximum Gasteiger partial charge on any atom is 0.274 e. The Morgan fingerprint density at radius 3 is 2.82 bits per heavy atom. The predicted octanol–water partition coefficient (Wildman–Crippen LogP) is 2.04. The molecule has 0 heterocycles. The highest BCUT2D eigenvalue weighted by molar-refractivity contribution is 6.32. The minimum Gasteiger partial charge on any atom is -0.258 e. The van der Waals surface area contributed by atoms with Crippen LogP contribution in [0.2, 0.25) is 5.02 Å². The highest BCUT2D eigenvalue weighted by Gasteiger charge is 2.31. The van der Waals surface area contributed by atoms with Crippen molar-refractivity contribution in [2.45, 2.75) is 0 Å². The lowest BCUT2D eigenvalue weighted by atomic mass is 10.3. The Bertz CT molecular complexity index is 349. The standard InChI is InChI=1S/C7H2ClNO2/c8-6-1-2-7(9(10)11)5-3-4(5)6/h1-2H. The van der Waals surface area contributed by atoms with Crippen LogP contribution < -0.4 is 0 Å². The highest BCUT2D eigenvalue weighted by Crippen LogP contribution is 2.43. The normalized spacial score (nSPS) is 12.5. The van der Waals surface area contributed by atoms with Crippen molar-refractivity contribution in [1.29, 1.82) is 0 Å². The molecule has 3 nitrogen and oxygen atoms in total. The molecule has 1 aromatic carbocycles. The van der Waals surface area contributed by atoms with E-state index >= 15 is 0 Å². The van der Waals surface area contributed by atoms with Gasteiger partial charge in [0.15, 0.2) is 0 Å². The summed E-state index contributed by atoms with van der Waals surface area (Å²) in [6, 6.07) is 2.90. The van der Waals surface area contributed by atoms with Crippen LogP contribution in [-0.2, 0) is 0 Å². The smallest absolute Gasteiger partial charge is 0.258 e. The molecule has 0 bridgehead atoms. The molecule has 2 rings (SSSR count). The van der Waals surface area contributed by atoms with Gasteiger partial charge in [-0.1, -0.05) is 11.6 Å². The van der Waals surface area contributed by atoms with Crippen LogP contribution >= 0.6 is 11.6 Å². The largest absolute Gasteiger partial charge is 0.274 e. The molecule has 0 aliphatic heterocycles. The van der Waals surface area contributed by atoms with Gasteiger partial charge in [0.2, 0.25) is 0 Å². The number of fused-ring (bicyclic) bond motifs is 1. The zero-order valence-corrected chi connectivity index (χ0v) is 6.05. The summed E-state index contributed by atoms with van der Waals surface area (Å²) in [5.74, 6) is 0. The van der Waals surface area contributed by atoms with E-state index in [1.165, 1.54) is 12.1 Å². The molecule has 0 atom stereocenters. The van der Waals surface area contributed by atoms with Crippen LogP contribution in [0, 0.1) is 16.5 Å². The number of hydrogen-bond acceptors (Lipinski definition) is 2. The Hall–Kier alpha value is -1.09. The Morgan fingerprint density at radius 2 is 2.18 bits per heavy atom. The molecule has 0 amide bonds. The lowest BCUT2D eigenvalue weighted by Crippen LogP contribution is -1.86. The van der Waals surface area contributed by atoms with E-state index in [4.69, 9.17) is 11.6 Å². The van der Waals surface area contributed by atoms with Gasteiger partial charge >= 0.3 is 0 Å². The van der Waals surface area contributed by atoms with Crippen molar-refractivity contribution in [3.63, 3.8) is 0 Å². The topological polar surface area (TPSA) is 43.1 Å². The summed E-state index contributed by atoms with van der Waals surface area (Å²) in [4.78, 5) is 9.85. The molecular weight excluding hydrogens is 166 g/mol. The minimum atomic E-state index is -0.435. The maximum absolute atomic E-state index is 10.3. The zero-order valence-electron chi connectivity index (χ0n) is 5.30. The average molecular weight is 168 g/mol. The van der Waals surface area contributed by atoms with E-state index < -0.39 is 4.92 Å². The number of nitro groups is 1. The van der Waals surface area contributed by atoms with Gasteiger partial charge in [0, 0.05) is 16.7 Å². The van der Waals surface area contributed by atoms with Crippen molar-refractivity contribution in [2.24, 2.45) is 0 Å². The molecule has 0 aromatic heterocycles. The average Bonchev–Trinajstić information content (AvgIpc) is 2.66. The van der Waals surface area contributed by atoms with Crippen molar-refractivity contribution in [3.8, 4) is 0 Å². The SMILES string of the molecule is O=[N+]([O-])c1ccc(Cl)c2c1[C]2.